The van der Waals surface area contributed by atoms with Gasteiger partial charge in [-0.25, -0.2) is 4.39 Å². The van der Waals surface area contributed by atoms with Gasteiger partial charge in [-0.05, 0) is 43.7 Å². The van der Waals surface area contributed by atoms with Gasteiger partial charge in [0, 0.05) is 18.2 Å². The van der Waals surface area contributed by atoms with Gasteiger partial charge in [-0.3, -0.25) is 4.90 Å². The van der Waals surface area contributed by atoms with Crippen molar-refractivity contribution in [1.82, 2.24) is 4.90 Å². The Morgan fingerprint density at radius 2 is 1.95 bits per heavy atom. The van der Waals surface area contributed by atoms with E-state index in [4.69, 9.17) is 5.11 Å². The molecule has 1 aromatic rings. The van der Waals surface area contributed by atoms with Crippen LogP contribution in [0.5, 0.6) is 0 Å². The molecule has 0 bridgehead atoms. The van der Waals surface area contributed by atoms with Crippen molar-refractivity contribution in [2.45, 2.75) is 39.3 Å². The number of hydrogen-bond acceptors (Lipinski definition) is 2. The third-order valence-electron chi connectivity index (χ3n) is 3.27. The maximum absolute atomic E-state index is 13.5. The monoisotopic (exact) mass is 263 g/mol. The van der Waals surface area contributed by atoms with Gasteiger partial charge in [-0.15, -0.1) is 0 Å². The molecule has 104 valence electrons. The molecule has 0 saturated heterocycles. The fourth-order valence-electron chi connectivity index (χ4n) is 2.28. The van der Waals surface area contributed by atoms with Gasteiger partial charge >= 0.3 is 0 Å². The molecule has 0 aliphatic carbocycles. The first-order valence-electron chi connectivity index (χ1n) is 6.70. The van der Waals surface area contributed by atoms with Crippen LogP contribution in [-0.2, 0) is 6.54 Å². The van der Waals surface area contributed by atoms with Crippen LogP contribution in [0.1, 0.15) is 37.8 Å². The van der Waals surface area contributed by atoms with Gasteiger partial charge in [0.05, 0.1) is 0 Å². The van der Waals surface area contributed by atoms with Crippen LogP contribution in [0.25, 0.3) is 0 Å². The number of rotatable bonds is 5. The summed E-state index contributed by atoms with van der Waals surface area (Å²) in [5, 5.41) is 8.67. The smallest absolute Gasteiger partial charge is 0.124 e. The standard InChI is InChI=1S/C16H22FNO/c1-4-16(5-2)18(3)12-14-9-13(7-6-8-19)10-15(17)11-14/h9-11,16,19H,4-5,8,12H2,1-3H3. The normalized spacial score (nSPS) is 10.7. The molecule has 19 heavy (non-hydrogen) atoms. The predicted molar refractivity (Wildman–Crippen MR) is 76.2 cm³/mol. The minimum atomic E-state index is -0.280. The highest BCUT2D eigenvalue weighted by Gasteiger charge is 2.11. The van der Waals surface area contributed by atoms with Crippen LogP contribution in [0.3, 0.4) is 0 Å². The number of halogens is 1. The second kappa shape index (κ2) is 7.93. The lowest BCUT2D eigenvalue weighted by molar-refractivity contribution is 0.221. The van der Waals surface area contributed by atoms with Crippen LogP contribution in [0.4, 0.5) is 4.39 Å². The zero-order valence-corrected chi connectivity index (χ0v) is 11.9. The quantitative estimate of drug-likeness (QED) is 0.826. The highest BCUT2D eigenvalue weighted by molar-refractivity contribution is 5.37. The highest BCUT2D eigenvalue weighted by atomic mass is 19.1. The van der Waals surface area contributed by atoms with Crippen molar-refractivity contribution in [3.8, 4) is 11.8 Å². The fourth-order valence-corrected chi connectivity index (χ4v) is 2.28. The lowest BCUT2D eigenvalue weighted by atomic mass is 10.1. The molecule has 0 aromatic heterocycles. The Labute approximate surface area is 115 Å². The van der Waals surface area contributed by atoms with Crippen LogP contribution in [0, 0.1) is 17.7 Å². The average Bonchev–Trinajstić information content (AvgIpc) is 2.37. The Morgan fingerprint density at radius 1 is 1.26 bits per heavy atom. The third kappa shape index (κ3) is 5.02. The number of hydrogen-bond donors (Lipinski definition) is 1. The van der Waals surface area contributed by atoms with Crippen molar-refractivity contribution < 1.29 is 9.50 Å². The Bertz CT molecular complexity index is 458. The molecule has 2 nitrogen and oxygen atoms in total. The maximum atomic E-state index is 13.5. The molecule has 0 radical (unpaired) electrons. The summed E-state index contributed by atoms with van der Waals surface area (Å²) in [6.45, 7) is 4.82. The summed E-state index contributed by atoms with van der Waals surface area (Å²) < 4.78 is 13.5. The summed E-state index contributed by atoms with van der Waals surface area (Å²) in [5.74, 6) is 5.01. The van der Waals surface area contributed by atoms with Crippen molar-refractivity contribution in [2.75, 3.05) is 13.7 Å². The summed E-state index contributed by atoms with van der Waals surface area (Å²) in [7, 11) is 2.06. The first-order valence-corrected chi connectivity index (χ1v) is 6.70. The minimum Gasteiger partial charge on any atom is -0.384 e. The Morgan fingerprint density at radius 3 is 2.53 bits per heavy atom. The van der Waals surface area contributed by atoms with Crippen molar-refractivity contribution in [1.29, 1.82) is 0 Å². The van der Waals surface area contributed by atoms with Crippen LogP contribution < -0.4 is 0 Å². The third-order valence-corrected chi connectivity index (χ3v) is 3.27. The number of aliphatic hydroxyl groups is 1. The van der Waals surface area contributed by atoms with Crippen LogP contribution in [0.15, 0.2) is 18.2 Å². The van der Waals surface area contributed by atoms with E-state index in [-0.39, 0.29) is 12.4 Å². The van der Waals surface area contributed by atoms with E-state index >= 15 is 0 Å². The number of nitrogens with zero attached hydrogens (tertiary/aromatic N) is 1. The van der Waals surface area contributed by atoms with Gasteiger partial charge in [0.2, 0.25) is 0 Å². The van der Waals surface area contributed by atoms with Crippen LogP contribution >= 0.6 is 0 Å². The van der Waals surface area contributed by atoms with E-state index < -0.39 is 0 Å². The first-order chi connectivity index (χ1) is 9.10. The molecule has 3 heteroatoms. The van der Waals surface area contributed by atoms with E-state index in [0.717, 1.165) is 18.4 Å². The molecule has 0 aliphatic heterocycles. The summed E-state index contributed by atoms with van der Waals surface area (Å²) in [4.78, 5) is 2.23. The second-order valence-corrected chi connectivity index (χ2v) is 4.69. The van der Waals surface area contributed by atoms with Crippen LogP contribution in [-0.4, -0.2) is 29.7 Å². The average molecular weight is 263 g/mol. The summed E-state index contributed by atoms with van der Waals surface area (Å²) in [6.07, 6.45) is 2.17. The Hall–Kier alpha value is -1.37. The fraction of sp³-hybridized carbons (Fsp3) is 0.500. The Kier molecular flexibility index (Phi) is 6.55. The molecule has 0 fully saturated rings. The maximum Gasteiger partial charge on any atom is 0.124 e. The van der Waals surface area contributed by atoms with Gasteiger partial charge < -0.3 is 5.11 Å². The molecule has 0 spiro atoms. The molecule has 1 aromatic carbocycles. The van der Waals surface area contributed by atoms with Gasteiger partial charge in [0.25, 0.3) is 0 Å². The zero-order chi connectivity index (χ0) is 14.3. The minimum absolute atomic E-state index is 0.209. The van der Waals surface area contributed by atoms with E-state index in [2.05, 4.69) is 37.6 Å². The van der Waals surface area contributed by atoms with Crippen LogP contribution in [0.2, 0.25) is 0 Å². The highest BCUT2D eigenvalue weighted by Crippen LogP contribution is 2.14. The van der Waals surface area contributed by atoms with Gasteiger partial charge in [0.15, 0.2) is 0 Å². The van der Waals surface area contributed by atoms with Crippen molar-refractivity contribution in [2.24, 2.45) is 0 Å². The predicted octanol–water partition coefficient (Wildman–Crippen LogP) is 2.79. The molecular formula is C16H22FNO. The van der Waals surface area contributed by atoms with Crippen molar-refractivity contribution in [3.05, 3.63) is 35.1 Å². The molecule has 0 atom stereocenters. The zero-order valence-electron chi connectivity index (χ0n) is 11.9. The van der Waals surface area contributed by atoms with E-state index in [0.29, 0.717) is 18.2 Å². The van der Waals surface area contributed by atoms with Crippen molar-refractivity contribution >= 4 is 0 Å². The number of aliphatic hydroxyl groups excluding tert-OH is 1. The number of benzene rings is 1. The van der Waals surface area contributed by atoms with E-state index in [9.17, 15) is 4.39 Å². The Balaban J connectivity index is 2.86. The van der Waals surface area contributed by atoms with E-state index in [1.807, 2.05) is 6.07 Å². The molecule has 0 aliphatic rings. The summed E-state index contributed by atoms with van der Waals surface area (Å²) >= 11 is 0. The van der Waals surface area contributed by atoms with Crippen molar-refractivity contribution in [3.63, 3.8) is 0 Å². The summed E-state index contributed by atoms with van der Waals surface area (Å²) in [5.41, 5.74) is 1.53. The molecule has 0 saturated carbocycles. The lowest BCUT2D eigenvalue weighted by Gasteiger charge is -2.26. The van der Waals surface area contributed by atoms with Gasteiger partial charge in [-0.2, -0.15) is 0 Å². The SMILES string of the molecule is CCC(CC)N(C)Cc1cc(F)cc(C#CCO)c1. The first kappa shape index (κ1) is 15.7. The van der Waals surface area contributed by atoms with Gasteiger partial charge in [-0.1, -0.05) is 25.7 Å². The molecule has 1 N–H and O–H groups in total. The van der Waals surface area contributed by atoms with E-state index in [1.54, 1.807) is 6.07 Å². The molecular weight excluding hydrogens is 241 g/mol. The molecule has 1 rings (SSSR count). The van der Waals surface area contributed by atoms with Gasteiger partial charge in [0.1, 0.15) is 12.4 Å². The molecule has 0 unspecified atom stereocenters. The largest absolute Gasteiger partial charge is 0.384 e. The molecule has 0 amide bonds. The second-order valence-electron chi connectivity index (χ2n) is 4.69. The topological polar surface area (TPSA) is 23.5 Å². The summed E-state index contributed by atoms with van der Waals surface area (Å²) in [6, 6.07) is 5.33. The van der Waals surface area contributed by atoms with E-state index in [1.165, 1.54) is 6.07 Å². The lowest BCUT2D eigenvalue weighted by Crippen LogP contribution is -2.30. The molecule has 0 heterocycles.